The van der Waals surface area contributed by atoms with Gasteiger partial charge < -0.3 is 0 Å². The van der Waals surface area contributed by atoms with Gasteiger partial charge >= 0.3 is 0 Å². The zero-order valence-corrected chi connectivity index (χ0v) is 11.0. The van der Waals surface area contributed by atoms with Crippen LogP contribution in [-0.4, -0.2) is 24.8 Å². The quantitative estimate of drug-likeness (QED) is 0.520. The Morgan fingerprint density at radius 2 is 1.38 bits per heavy atom. The highest BCUT2D eigenvalue weighted by Gasteiger charge is 2.10. The molecule has 2 nitrogen and oxygen atoms in total. The van der Waals surface area contributed by atoms with E-state index in [1.807, 2.05) is 0 Å². The molecule has 0 bridgehead atoms. The highest BCUT2D eigenvalue weighted by Crippen LogP contribution is 2.10. The molecule has 0 N–H and O–H groups in total. The fourth-order valence-electron chi connectivity index (χ4n) is 2.25. The maximum Gasteiger partial charge on any atom is 0.0685 e. The second kappa shape index (κ2) is 10.1. The molecule has 0 aromatic carbocycles. The third kappa shape index (κ3) is 7.24. The van der Waals surface area contributed by atoms with Crippen molar-refractivity contribution in [1.29, 1.82) is 0 Å². The number of hydroxylamine groups is 2. The Morgan fingerprint density at radius 3 is 2.00 bits per heavy atom. The van der Waals surface area contributed by atoms with Crippen LogP contribution in [-0.2, 0) is 4.84 Å². The van der Waals surface area contributed by atoms with Crippen molar-refractivity contribution in [3.8, 4) is 0 Å². The van der Waals surface area contributed by atoms with Gasteiger partial charge in [-0.25, -0.2) is 0 Å². The predicted molar refractivity (Wildman–Crippen MR) is 69.4 cm³/mol. The molecule has 1 aliphatic rings. The lowest BCUT2D eigenvalue weighted by Gasteiger charge is -2.14. The maximum atomic E-state index is 5.68. The molecule has 0 atom stereocenters. The molecule has 1 aliphatic heterocycles. The van der Waals surface area contributed by atoms with Gasteiger partial charge in [0.05, 0.1) is 6.61 Å². The molecular weight excluding hydrogens is 198 g/mol. The maximum absolute atomic E-state index is 5.68. The number of hydrogen-bond donors (Lipinski definition) is 0. The third-order valence-electron chi connectivity index (χ3n) is 3.34. The summed E-state index contributed by atoms with van der Waals surface area (Å²) in [6.07, 6.45) is 13.7. The minimum Gasteiger partial charge on any atom is -0.299 e. The molecule has 16 heavy (non-hydrogen) atoms. The normalized spacial score (nSPS) is 17.1. The van der Waals surface area contributed by atoms with Crippen molar-refractivity contribution in [1.82, 2.24) is 5.06 Å². The second-order valence-corrected chi connectivity index (χ2v) is 4.94. The third-order valence-corrected chi connectivity index (χ3v) is 3.34. The Morgan fingerprint density at radius 1 is 0.812 bits per heavy atom. The van der Waals surface area contributed by atoms with Crippen molar-refractivity contribution in [3.05, 3.63) is 0 Å². The van der Waals surface area contributed by atoms with Gasteiger partial charge in [-0.15, -0.1) is 0 Å². The summed E-state index contributed by atoms with van der Waals surface area (Å²) in [5.41, 5.74) is 0. The molecular formula is C14H29NO. The fourth-order valence-corrected chi connectivity index (χ4v) is 2.25. The van der Waals surface area contributed by atoms with Gasteiger partial charge in [0.1, 0.15) is 0 Å². The lowest BCUT2D eigenvalue weighted by molar-refractivity contribution is -0.143. The van der Waals surface area contributed by atoms with Gasteiger partial charge in [-0.1, -0.05) is 51.9 Å². The lowest BCUT2D eigenvalue weighted by atomic mass is 10.1. The Bertz CT molecular complexity index is 144. The van der Waals surface area contributed by atoms with Gasteiger partial charge in [-0.05, 0) is 19.3 Å². The molecule has 1 rings (SSSR count). The molecule has 0 aliphatic carbocycles. The molecule has 96 valence electrons. The van der Waals surface area contributed by atoms with Crippen LogP contribution in [0, 0.1) is 0 Å². The first kappa shape index (κ1) is 14.0. The summed E-state index contributed by atoms with van der Waals surface area (Å²) < 4.78 is 0. The summed E-state index contributed by atoms with van der Waals surface area (Å²) in [7, 11) is 0. The van der Waals surface area contributed by atoms with Gasteiger partial charge in [-0.3, -0.25) is 4.84 Å². The molecule has 1 heterocycles. The number of nitrogens with zero attached hydrogens (tertiary/aromatic N) is 1. The predicted octanol–water partition coefficient (Wildman–Crippen LogP) is 4.15. The Balaban J connectivity index is 1.71. The van der Waals surface area contributed by atoms with E-state index in [1.165, 1.54) is 64.2 Å². The highest BCUT2D eigenvalue weighted by molar-refractivity contribution is 4.57. The van der Waals surface area contributed by atoms with Gasteiger partial charge in [0.2, 0.25) is 0 Å². The van der Waals surface area contributed by atoms with Crippen LogP contribution in [0.4, 0.5) is 0 Å². The summed E-state index contributed by atoms with van der Waals surface area (Å²) in [4.78, 5) is 5.68. The van der Waals surface area contributed by atoms with Crippen LogP contribution >= 0.6 is 0 Å². The van der Waals surface area contributed by atoms with Gasteiger partial charge in [-0.2, -0.15) is 5.06 Å². The van der Waals surface area contributed by atoms with Crippen LogP contribution in [0.1, 0.15) is 71.1 Å². The Labute approximate surface area is 101 Å². The molecule has 0 saturated carbocycles. The molecule has 0 amide bonds. The smallest absolute Gasteiger partial charge is 0.0685 e. The van der Waals surface area contributed by atoms with Gasteiger partial charge in [0.15, 0.2) is 0 Å². The van der Waals surface area contributed by atoms with E-state index in [0.29, 0.717) is 0 Å². The minimum absolute atomic E-state index is 0.939. The van der Waals surface area contributed by atoms with E-state index >= 15 is 0 Å². The minimum atomic E-state index is 0.939. The van der Waals surface area contributed by atoms with Crippen LogP contribution in [0.3, 0.4) is 0 Å². The molecule has 2 heteroatoms. The second-order valence-electron chi connectivity index (χ2n) is 4.94. The molecule has 0 unspecified atom stereocenters. The van der Waals surface area contributed by atoms with E-state index < -0.39 is 0 Å². The Hall–Kier alpha value is -0.0800. The molecule has 1 saturated heterocycles. The van der Waals surface area contributed by atoms with E-state index in [1.54, 1.807) is 0 Å². The molecule has 0 radical (unpaired) electrons. The standard InChI is InChI=1S/C14H29NO/c1-2-3-4-5-6-7-8-11-14-16-15-12-9-10-13-15/h2-14H2,1H3. The topological polar surface area (TPSA) is 12.5 Å². The van der Waals surface area contributed by atoms with E-state index in [9.17, 15) is 0 Å². The first-order valence-corrected chi connectivity index (χ1v) is 7.31. The summed E-state index contributed by atoms with van der Waals surface area (Å²) >= 11 is 0. The van der Waals surface area contributed by atoms with Crippen LogP contribution in [0.25, 0.3) is 0 Å². The monoisotopic (exact) mass is 227 g/mol. The van der Waals surface area contributed by atoms with Crippen LogP contribution in [0.2, 0.25) is 0 Å². The lowest BCUT2D eigenvalue weighted by Crippen LogP contribution is -2.20. The van der Waals surface area contributed by atoms with Gasteiger partial charge in [0.25, 0.3) is 0 Å². The average molecular weight is 227 g/mol. The summed E-state index contributed by atoms with van der Waals surface area (Å²) in [6, 6.07) is 0. The SMILES string of the molecule is CCCCCCCCCCON1CCCC1. The summed E-state index contributed by atoms with van der Waals surface area (Å²) in [5, 5.41) is 2.14. The Kier molecular flexibility index (Phi) is 8.83. The zero-order chi connectivity index (χ0) is 11.5. The van der Waals surface area contributed by atoms with Crippen molar-refractivity contribution < 1.29 is 4.84 Å². The van der Waals surface area contributed by atoms with E-state index in [-0.39, 0.29) is 0 Å². The van der Waals surface area contributed by atoms with Crippen LogP contribution in [0.15, 0.2) is 0 Å². The first-order chi connectivity index (χ1) is 7.93. The van der Waals surface area contributed by atoms with Crippen LogP contribution < -0.4 is 0 Å². The van der Waals surface area contributed by atoms with Gasteiger partial charge in [0, 0.05) is 13.1 Å². The largest absolute Gasteiger partial charge is 0.299 e. The summed E-state index contributed by atoms with van der Waals surface area (Å²) in [5.74, 6) is 0. The first-order valence-electron chi connectivity index (χ1n) is 7.31. The zero-order valence-electron chi connectivity index (χ0n) is 11.0. The molecule has 0 aromatic heterocycles. The van der Waals surface area contributed by atoms with E-state index in [0.717, 1.165) is 19.7 Å². The van der Waals surface area contributed by atoms with Crippen molar-refractivity contribution in [2.24, 2.45) is 0 Å². The molecule has 1 fully saturated rings. The van der Waals surface area contributed by atoms with Crippen molar-refractivity contribution in [2.45, 2.75) is 71.1 Å². The number of rotatable bonds is 10. The van der Waals surface area contributed by atoms with E-state index in [4.69, 9.17) is 4.84 Å². The number of unbranched alkanes of at least 4 members (excludes halogenated alkanes) is 7. The molecule has 0 aromatic rings. The summed E-state index contributed by atoms with van der Waals surface area (Å²) in [6.45, 7) is 5.51. The van der Waals surface area contributed by atoms with E-state index in [2.05, 4.69) is 12.0 Å². The van der Waals surface area contributed by atoms with Crippen molar-refractivity contribution in [3.63, 3.8) is 0 Å². The van der Waals surface area contributed by atoms with Crippen molar-refractivity contribution in [2.75, 3.05) is 19.7 Å². The average Bonchev–Trinajstić information content (AvgIpc) is 2.80. The fraction of sp³-hybridized carbons (Fsp3) is 1.00. The molecule has 0 spiro atoms. The highest BCUT2D eigenvalue weighted by atomic mass is 16.7. The van der Waals surface area contributed by atoms with Crippen molar-refractivity contribution >= 4 is 0 Å². The number of hydrogen-bond acceptors (Lipinski definition) is 2. The van der Waals surface area contributed by atoms with Crippen LogP contribution in [0.5, 0.6) is 0 Å².